The Balaban J connectivity index is 2.09. The normalized spacial score (nSPS) is 10.0. The number of halogens is 1. The number of amides is 2. The van der Waals surface area contributed by atoms with Crippen LogP contribution in [0.5, 0.6) is 0 Å². The van der Waals surface area contributed by atoms with E-state index in [1.165, 1.54) is 12.1 Å². The van der Waals surface area contributed by atoms with Gasteiger partial charge in [0.15, 0.2) is 0 Å². The molecule has 2 amide bonds. The molecule has 2 rings (SSSR count). The van der Waals surface area contributed by atoms with Crippen LogP contribution in [0, 0.1) is 17.0 Å². The number of anilines is 2. The van der Waals surface area contributed by atoms with Gasteiger partial charge < -0.3 is 10.6 Å². The van der Waals surface area contributed by atoms with Gasteiger partial charge in [-0.05, 0) is 25.1 Å². The van der Waals surface area contributed by atoms with Gasteiger partial charge in [-0.2, -0.15) is 0 Å². The maximum Gasteiger partial charge on any atom is 0.314 e. The molecular weight excluding hydrogens is 322 g/mol. The molecule has 0 fully saturated rings. The third-order valence-corrected chi connectivity index (χ3v) is 3.25. The van der Waals surface area contributed by atoms with Crippen LogP contribution in [-0.4, -0.2) is 16.7 Å². The van der Waals surface area contributed by atoms with E-state index in [1.54, 1.807) is 24.3 Å². The van der Waals surface area contributed by atoms with Gasteiger partial charge in [0.05, 0.1) is 15.6 Å². The first-order chi connectivity index (χ1) is 10.9. The quantitative estimate of drug-likeness (QED) is 0.511. The maximum absolute atomic E-state index is 11.9. The van der Waals surface area contributed by atoms with Gasteiger partial charge in [0, 0.05) is 17.8 Å². The Morgan fingerprint density at radius 2 is 1.65 bits per heavy atom. The van der Waals surface area contributed by atoms with Crippen LogP contribution in [0.15, 0.2) is 42.5 Å². The van der Waals surface area contributed by atoms with Gasteiger partial charge in [0.25, 0.3) is 5.69 Å². The number of nitrogens with zero attached hydrogens (tertiary/aromatic N) is 1. The molecule has 0 aliphatic carbocycles. The lowest BCUT2D eigenvalue weighted by atomic mass is 10.2. The molecular formula is C15H12ClN3O4. The van der Waals surface area contributed by atoms with Crippen molar-refractivity contribution in [3.8, 4) is 0 Å². The zero-order chi connectivity index (χ0) is 17.0. The van der Waals surface area contributed by atoms with E-state index < -0.39 is 16.7 Å². The van der Waals surface area contributed by atoms with E-state index in [-0.39, 0.29) is 16.4 Å². The van der Waals surface area contributed by atoms with Crippen molar-refractivity contribution in [3.05, 3.63) is 63.2 Å². The number of hydrogen-bond donors (Lipinski definition) is 2. The summed E-state index contributed by atoms with van der Waals surface area (Å²) in [6.45, 7) is 1.89. The van der Waals surface area contributed by atoms with Crippen LogP contribution in [0.1, 0.15) is 5.56 Å². The largest absolute Gasteiger partial charge is 0.318 e. The number of hydrogen-bond acceptors (Lipinski definition) is 4. The summed E-state index contributed by atoms with van der Waals surface area (Å²) in [5.74, 6) is -1.88. The van der Waals surface area contributed by atoms with Crippen LogP contribution in [0.2, 0.25) is 5.02 Å². The lowest BCUT2D eigenvalue weighted by Crippen LogP contribution is -2.29. The molecule has 23 heavy (non-hydrogen) atoms. The van der Waals surface area contributed by atoms with E-state index in [2.05, 4.69) is 10.6 Å². The van der Waals surface area contributed by atoms with E-state index in [9.17, 15) is 19.7 Å². The van der Waals surface area contributed by atoms with Gasteiger partial charge in [-0.3, -0.25) is 19.7 Å². The molecule has 0 spiro atoms. The highest BCUT2D eigenvalue weighted by Crippen LogP contribution is 2.26. The Hall–Kier alpha value is -2.93. The fourth-order valence-corrected chi connectivity index (χ4v) is 1.89. The third-order valence-electron chi connectivity index (χ3n) is 2.92. The van der Waals surface area contributed by atoms with Gasteiger partial charge in [-0.25, -0.2) is 0 Å². The topological polar surface area (TPSA) is 101 Å². The second kappa shape index (κ2) is 6.89. The number of nitrogens with one attached hydrogen (secondary N) is 2. The minimum absolute atomic E-state index is 0.00933. The van der Waals surface area contributed by atoms with Crippen LogP contribution in [0.25, 0.3) is 0 Å². The number of non-ortho nitro benzene ring substituents is 1. The fraction of sp³-hybridized carbons (Fsp3) is 0.0667. The van der Waals surface area contributed by atoms with Crippen LogP contribution in [0.4, 0.5) is 17.1 Å². The first-order valence-corrected chi connectivity index (χ1v) is 6.87. The molecule has 0 aromatic heterocycles. The molecule has 0 saturated carbocycles. The zero-order valence-corrected chi connectivity index (χ0v) is 12.8. The van der Waals surface area contributed by atoms with Crippen molar-refractivity contribution in [1.82, 2.24) is 0 Å². The SMILES string of the molecule is Cc1ccc(NC(=O)C(=O)Nc2cc([N+](=O)[O-])ccc2Cl)cc1. The lowest BCUT2D eigenvalue weighted by molar-refractivity contribution is -0.384. The van der Waals surface area contributed by atoms with E-state index in [4.69, 9.17) is 11.6 Å². The second-order valence-electron chi connectivity index (χ2n) is 4.70. The van der Waals surface area contributed by atoms with E-state index in [1.807, 2.05) is 6.92 Å². The Bertz CT molecular complexity index is 775. The molecule has 2 aromatic carbocycles. The molecule has 0 saturated heterocycles. The fourth-order valence-electron chi connectivity index (χ4n) is 1.73. The van der Waals surface area contributed by atoms with E-state index in [0.29, 0.717) is 5.69 Å². The van der Waals surface area contributed by atoms with Gasteiger partial charge >= 0.3 is 11.8 Å². The molecule has 0 aliphatic rings. The average molecular weight is 334 g/mol. The summed E-state index contributed by atoms with van der Waals surface area (Å²) in [4.78, 5) is 33.8. The number of carbonyl (C=O) groups is 2. The number of nitro benzene ring substituents is 1. The number of carbonyl (C=O) groups excluding carboxylic acids is 2. The molecule has 0 radical (unpaired) electrons. The number of nitro groups is 1. The van der Waals surface area contributed by atoms with Crippen molar-refractivity contribution < 1.29 is 14.5 Å². The zero-order valence-electron chi connectivity index (χ0n) is 12.0. The molecule has 2 aromatic rings. The molecule has 8 heteroatoms. The molecule has 118 valence electrons. The van der Waals surface area contributed by atoms with Gasteiger partial charge in [0.2, 0.25) is 0 Å². The molecule has 7 nitrogen and oxygen atoms in total. The highest BCUT2D eigenvalue weighted by atomic mass is 35.5. The van der Waals surface area contributed by atoms with E-state index >= 15 is 0 Å². The van der Waals surface area contributed by atoms with Crippen molar-refractivity contribution >= 4 is 40.5 Å². The summed E-state index contributed by atoms with van der Waals surface area (Å²) in [6.07, 6.45) is 0. The first-order valence-electron chi connectivity index (χ1n) is 6.50. The Labute approximate surface area is 136 Å². The maximum atomic E-state index is 11.9. The van der Waals surface area contributed by atoms with Gasteiger partial charge in [-0.15, -0.1) is 0 Å². The first kappa shape index (κ1) is 16.4. The van der Waals surface area contributed by atoms with Crippen LogP contribution in [-0.2, 0) is 9.59 Å². The predicted octanol–water partition coefficient (Wildman–Crippen LogP) is 3.13. The number of rotatable bonds is 3. The highest BCUT2D eigenvalue weighted by molar-refractivity contribution is 6.44. The molecule has 0 aliphatic heterocycles. The van der Waals surface area contributed by atoms with Crippen molar-refractivity contribution in [2.75, 3.05) is 10.6 Å². The summed E-state index contributed by atoms with van der Waals surface area (Å²) in [6, 6.07) is 10.4. The molecule has 0 unspecified atom stereocenters. The van der Waals surface area contributed by atoms with E-state index in [0.717, 1.165) is 11.6 Å². The Morgan fingerprint density at radius 3 is 2.26 bits per heavy atom. The summed E-state index contributed by atoms with van der Waals surface area (Å²) in [5, 5.41) is 15.5. The lowest BCUT2D eigenvalue weighted by Gasteiger charge is -2.08. The van der Waals surface area contributed by atoms with Crippen molar-refractivity contribution in [1.29, 1.82) is 0 Å². The minimum atomic E-state index is -0.979. The molecule has 0 heterocycles. The van der Waals surface area contributed by atoms with Crippen LogP contribution in [0.3, 0.4) is 0 Å². The standard InChI is InChI=1S/C15H12ClN3O4/c1-9-2-4-10(5-3-9)17-14(20)15(21)18-13-8-11(19(22)23)6-7-12(13)16/h2-8H,1H3,(H,17,20)(H,18,21). The summed E-state index contributed by atoms with van der Waals surface area (Å²) in [7, 11) is 0. The third kappa shape index (κ3) is 4.27. The molecule has 0 bridgehead atoms. The smallest absolute Gasteiger partial charge is 0.314 e. The number of benzene rings is 2. The van der Waals surface area contributed by atoms with Gasteiger partial charge in [0.1, 0.15) is 0 Å². The molecule has 2 N–H and O–H groups in total. The van der Waals surface area contributed by atoms with Crippen LogP contribution < -0.4 is 10.6 Å². The van der Waals surface area contributed by atoms with Crippen molar-refractivity contribution in [2.45, 2.75) is 6.92 Å². The Kier molecular flexibility index (Phi) is 4.92. The average Bonchev–Trinajstić information content (AvgIpc) is 2.51. The Morgan fingerprint density at radius 1 is 1.04 bits per heavy atom. The minimum Gasteiger partial charge on any atom is -0.318 e. The van der Waals surface area contributed by atoms with Crippen LogP contribution >= 0.6 is 11.6 Å². The molecule has 0 atom stereocenters. The predicted molar refractivity (Wildman–Crippen MR) is 86.5 cm³/mol. The monoisotopic (exact) mass is 333 g/mol. The summed E-state index contributed by atoms with van der Waals surface area (Å²) >= 11 is 5.86. The second-order valence-corrected chi connectivity index (χ2v) is 5.10. The van der Waals surface area contributed by atoms with Gasteiger partial charge in [-0.1, -0.05) is 29.3 Å². The number of aryl methyl sites for hydroxylation is 1. The summed E-state index contributed by atoms with van der Waals surface area (Å²) < 4.78 is 0. The van der Waals surface area contributed by atoms with Crippen molar-refractivity contribution in [3.63, 3.8) is 0 Å². The van der Waals surface area contributed by atoms with Crippen molar-refractivity contribution in [2.24, 2.45) is 0 Å². The summed E-state index contributed by atoms with van der Waals surface area (Å²) in [5.41, 5.74) is 1.21. The highest BCUT2D eigenvalue weighted by Gasteiger charge is 2.17.